The minimum absolute atomic E-state index is 0.0105. The van der Waals surface area contributed by atoms with Gasteiger partial charge in [0, 0.05) is 29.6 Å². The molecule has 0 fully saturated rings. The molecule has 0 aliphatic carbocycles. The summed E-state index contributed by atoms with van der Waals surface area (Å²) >= 11 is 12.2. The highest BCUT2D eigenvalue weighted by molar-refractivity contribution is 6.32. The molecule has 4 rings (SSSR count). The number of aryl methyl sites for hydroxylation is 1. The SMILES string of the molecule is CC(=O)OCCc1c(C)[nH]c(-c2nnc(Cc3ccc(Cl)c(Oc4cc(Cl)cc(C#N)c4)c3F)o2)c1C. The highest BCUT2D eigenvalue weighted by Gasteiger charge is 2.21. The van der Waals surface area contributed by atoms with E-state index in [1.807, 2.05) is 19.9 Å². The van der Waals surface area contributed by atoms with Gasteiger partial charge in [-0.3, -0.25) is 4.79 Å². The Morgan fingerprint density at radius 2 is 2.00 bits per heavy atom. The Balaban J connectivity index is 1.56. The van der Waals surface area contributed by atoms with E-state index in [1.165, 1.54) is 37.3 Å². The number of esters is 1. The largest absolute Gasteiger partial charge is 0.466 e. The lowest BCUT2D eigenvalue weighted by Crippen LogP contribution is -2.04. The number of hydrogen-bond acceptors (Lipinski definition) is 7. The second-order valence-corrected chi connectivity index (χ2v) is 9.08. The number of benzene rings is 2. The van der Waals surface area contributed by atoms with E-state index in [9.17, 15) is 4.79 Å². The van der Waals surface area contributed by atoms with Crippen molar-refractivity contribution in [3.63, 3.8) is 0 Å². The summed E-state index contributed by atoms with van der Waals surface area (Å²) in [5.41, 5.74) is 3.90. The molecule has 1 N–H and O–H groups in total. The quantitative estimate of drug-likeness (QED) is 0.253. The van der Waals surface area contributed by atoms with E-state index in [4.69, 9.17) is 42.4 Å². The van der Waals surface area contributed by atoms with Crippen molar-refractivity contribution in [2.75, 3.05) is 6.61 Å². The van der Waals surface area contributed by atoms with Gasteiger partial charge in [-0.1, -0.05) is 29.3 Å². The van der Waals surface area contributed by atoms with Crippen LogP contribution in [-0.2, 0) is 22.4 Å². The number of nitrogens with zero attached hydrogens (tertiary/aromatic N) is 3. The molecule has 2 aromatic carbocycles. The number of aromatic amines is 1. The topological polar surface area (TPSA) is 114 Å². The third-order valence-electron chi connectivity index (χ3n) is 5.62. The fourth-order valence-electron chi connectivity index (χ4n) is 3.87. The van der Waals surface area contributed by atoms with Crippen LogP contribution in [0.25, 0.3) is 11.6 Å². The average Bonchev–Trinajstić information content (AvgIpc) is 3.42. The number of ether oxygens (including phenoxy) is 2. The van der Waals surface area contributed by atoms with Gasteiger partial charge in [0.15, 0.2) is 11.6 Å². The van der Waals surface area contributed by atoms with E-state index in [1.54, 1.807) is 0 Å². The van der Waals surface area contributed by atoms with Crippen molar-refractivity contribution in [1.29, 1.82) is 5.26 Å². The molecule has 0 aliphatic rings. The van der Waals surface area contributed by atoms with Crippen LogP contribution in [0.1, 0.15) is 40.8 Å². The minimum Gasteiger partial charge on any atom is -0.466 e. The lowest BCUT2D eigenvalue weighted by atomic mass is 10.1. The zero-order valence-corrected chi connectivity index (χ0v) is 21.6. The second kappa shape index (κ2) is 11.0. The standard InChI is InChI=1S/C26H21Cl2FN4O4/c1-13-20(6-7-35-15(3)34)14(2)31-24(13)26-33-32-22(37-26)10-17-4-5-21(28)25(23(17)29)36-19-9-16(12-30)8-18(27)11-19/h4-5,8-9,11,31H,6-7,10H2,1-3H3. The van der Waals surface area contributed by atoms with Crippen LogP contribution in [0.5, 0.6) is 11.5 Å². The third-order valence-corrected chi connectivity index (χ3v) is 6.14. The minimum atomic E-state index is -0.703. The van der Waals surface area contributed by atoms with Crippen LogP contribution in [0.2, 0.25) is 10.0 Å². The van der Waals surface area contributed by atoms with Crippen LogP contribution in [0.4, 0.5) is 4.39 Å². The molecule has 0 saturated carbocycles. The smallest absolute Gasteiger partial charge is 0.302 e. The number of rotatable bonds is 8. The molecular weight excluding hydrogens is 522 g/mol. The van der Waals surface area contributed by atoms with Gasteiger partial charge in [0.1, 0.15) is 11.4 Å². The highest BCUT2D eigenvalue weighted by atomic mass is 35.5. The molecule has 0 unspecified atom stereocenters. The van der Waals surface area contributed by atoms with Crippen molar-refractivity contribution >= 4 is 29.2 Å². The first-order valence-electron chi connectivity index (χ1n) is 11.2. The molecule has 11 heteroatoms. The Kier molecular flexibility index (Phi) is 7.81. The molecule has 37 heavy (non-hydrogen) atoms. The summed E-state index contributed by atoms with van der Waals surface area (Å²) in [7, 11) is 0. The summed E-state index contributed by atoms with van der Waals surface area (Å²) in [6, 6.07) is 9.32. The number of H-pyrrole nitrogens is 1. The molecule has 0 aliphatic heterocycles. The van der Waals surface area contributed by atoms with Crippen LogP contribution in [0.15, 0.2) is 34.7 Å². The summed E-state index contributed by atoms with van der Waals surface area (Å²) < 4.78 is 31.9. The van der Waals surface area contributed by atoms with Crippen LogP contribution in [-0.4, -0.2) is 27.8 Å². The summed E-state index contributed by atoms with van der Waals surface area (Å²) in [4.78, 5) is 14.3. The maximum absolute atomic E-state index is 15.4. The molecule has 0 atom stereocenters. The van der Waals surface area contributed by atoms with E-state index in [2.05, 4.69) is 15.2 Å². The van der Waals surface area contributed by atoms with Gasteiger partial charge in [-0.05, 0) is 49.2 Å². The number of nitrogens with one attached hydrogen (secondary N) is 1. The molecule has 2 aromatic heterocycles. The van der Waals surface area contributed by atoms with E-state index < -0.39 is 5.82 Å². The molecule has 0 bridgehead atoms. The zero-order valence-electron chi connectivity index (χ0n) is 20.1. The number of hydrogen-bond donors (Lipinski definition) is 1. The summed E-state index contributed by atoms with van der Waals surface area (Å²) in [6.07, 6.45) is 0.527. The monoisotopic (exact) mass is 542 g/mol. The van der Waals surface area contributed by atoms with Gasteiger partial charge in [-0.15, -0.1) is 10.2 Å². The Hall–Kier alpha value is -3.87. The summed E-state index contributed by atoms with van der Waals surface area (Å²) in [6.45, 7) is 5.43. The fourth-order valence-corrected chi connectivity index (χ4v) is 4.28. The predicted molar refractivity (Wildman–Crippen MR) is 134 cm³/mol. The van der Waals surface area contributed by atoms with Crippen molar-refractivity contribution in [1.82, 2.24) is 15.2 Å². The van der Waals surface area contributed by atoms with Crippen molar-refractivity contribution in [3.05, 3.63) is 80.0 Å². The Bertz CT molecular complexity index is 1520. The molecule has 0 radical (unpaired) electrons. The molecule has 2 heterocycles. The molecule has 0 spiro atoms. The molecular formula is C26H21Cl2FN4O4. The first kappa shape index (κ1) is 26.2. The first-order chi connectivity index (χ1) is 17.7. The van der Waals surface area contributed by atoms with Gasteiger partial charge in [0.05, 0.1) is 29.7 Å². The van der Waals surface area contributed by atoms with Crippen molar-refractivity contribution in [2.24, 2.45) is 0 Å². The maximum atomic E-state index is 15.4. The average molecular weight is 543 g/mol. The maximum Gasteiger partial charge on any atom is 0.302 e. The van der Waals surface area contributed by atoms with Gasteiger partial charge in [-0.2, -0.15) is 5.26 Å². The third kappa shape index (κ3) is 5.93. The molecule has 0 amide bonds. The molecule has 190 valence electrons. The van der Waals surface area contributed by atoms with Crippen LogP contribution in [0.3, 0.4) is 0 Å². The van der Waals surface area contributed by atoms with Gasteiger partial charge in [-0.25, -0.2) is 4.39 Å². The Morgan fingerprint density at radius 1 is 1.22 bits per heavy atom. The van der Waals surface area contributed by atoms with E-state index in [-0.39, 0.29) is 63.4 Å². The van der Waals surface area contributed by atoms with E-state index >= 15 is 4.39 Å². The molecule has 4 aromatic rings. The first-order valence-corrected chi connectivity index (χ1v) is 11.9. The Morgan fingerprint density at radius 3 is 2.73 bits per heavy atom. The van der Waals surface area contributed by atoms with E-state index in [0.29, 0.717) is 12.1 Å². The number of carbonyl (C=O) groups excluding carboxylic acids is 1. The number of nitriles is 1. The molecule has 0 saturated heterocycles. The Labute approximate surface area is 221 Å². The molecule has 8 nitrogen and oxygen atoms in total. The van der Waals surface area contributed by atoms with Crippen molar-refractivity contribution in [3.8, 4) is 29.2 Å². The fraction of sp³-hybridized carbons (Fsp3) is 0.231. The van der Waals surface area contributed by atoms with Crippen LogP contribution >= 0.6 is 23.2 Å². The van der Waals surface area contributed by atoms with Crippen molar-refractivity contribution in [2.45, 2.75) is 33.6 Å². The summed E-state index contributed by atoms with van der Waals surface area (Å²) in [5.74, 6) is -0.643. The predicted octanol–water partition coefficient (Wildman–Crippen LogP) is 6.49. The lowest BCUT2D eigenvalue weighted by Gasteiger charge is -2.11. The normalized spacial score (nSPS) is 10.8. The number of halogens is 3. The van der Waals surface area contributed by atoms with Gasteiger partial charge in [0.25, 0.3) is 5.89 Å². The van der Waals surface area contributed by atoms with Gasteiger partial charge < -0.3 is 18.9 Å². The van der Waals surface area contributed by atoms with Crippen molar-refractivity contribution < 1.29 is 23.1 Å². The van der Waals surface area contributed by atoms with Crippen LogP contribution < -0.4 is 4.74 Å². The summed E-state index contributed by atoms with van der Waals surface area (Å²) in [5, 5.41) is 17.6. The van der Waals surface area contributed by atoms with E-state index in [0.717, 1.165) is 16.8 Å². The highest BCUT2D eigenvalue weighted by Crippen LogP contribution is 2.36. The van der Waals surface area contributed by atoms with Gasteiger partial charge in [0.2, 0.25) is 5.89 Å². The second-order valence-electron chi connectivity index (χ2n) is 8.24. The van der Waals surface area contributed by atoms with Gasteiger partial charge >= 0.3 is 5.97 Å². The number of aromatic nitrogens is 3. The van der Waals surface area contributed by atoms with Crippen LogP contribution in [0, 0.1) is 31.0 Å². The number of carbonyl (C=O) groups is 1. The zero-order chi connectivity index (χ0) is 26.7. The lowest BCUT2D eigenvalue weighted by molar-refractivity contribution is -0.140.